The van der Waals surface area contributed by atoms with Gasteiger partial charge in [-0.3, -0.25) is 0 Å². The summed E-state index contributed by atoms with van der Waals surface area (Å²) in [6, 6.07) is 23.5. The summed E-state index contributed by atoms with van der Waals surface area (Å²) in [6.07, 6.45) is 3.53. The number of benzene rings is 2. The van der Waals surface area contributed by atoms with E-state index in [2.05, 4.69) is 19.2 Å². The van der Waals surface area contributed by atoms with E-state index >= 15 is 0 Å². The van der Waals surface area contributed by atoms with Crippen molar-refractivity contribution in [2.75, 3.05) is 0 Å². The summed E-state index contributed by atoms with van der Waals surface area (Å²) in [6.45, 7) is 6.75. The highest BCUT2D eigenvalue weighted by Gasteiger charge is 1.84. The first-order valence-corrected chi connectivity index (χ1v) is 6.37. The maximum absolute atomic E-state index is 8.27. The van der Waals surface area contributed by atoms with Crippen LogP contribution in [0, 0.1) is 22.7 Å². The Morgan fingerprint density at radius 1 is 0.857 bits per heavy atom. The van der Waals surface area contributed by atoms with Crippen LogP contribution in [0.3, 0.4) is 0 Å². The van der Waals surface area contributed by atoms with Crippen molar-refractivity contribution in [1.29, 1.82) is 10.5 Å². The molecular weight excluding hydrogens is 256 g/mol. The van der Waals surface area contributed by atoms with Crippen LogP contribution in [0.5, 0.6) is 0 Å². The summed E-state index contributed by atoms with van der Waals surface area (Å²) in [5, 5.41) is 15.8. The quantitative estimate of drug-likeness (QED) is 0.740. The van der Waals surface area contributed by atoms with Gasteiger partial charge in [0.2, 0.25) is 0 Å². The third-order valence-electron chi connectivity index (χ3n) is 2.25. The van der Waals surface area contributed by atoms with Crippen molar-refractivity contribution in [3.63, 3.8) is 0 Å². The number of hydrogen-bond acceptors (Lipinski definition) is 2. The largest absolute Gasteiger partial charge is 0.198 e. The van der Waals surface area contributed by atoms with Gasteiger partial charge in [0, 0.05) is 6.08 Å². The Morgan fingerprint density at radius 2 is 1.33 bits per heavy atom. The van der Waals surface area contributed by atoms with Crippen LogP contribution < -0.4 is 0 Å². The number of allylic oxidation sites excluding steroid dienone is 1. The zero-order valence-electron chi connectivity index (χ0n) is 11.9. The average Bonchev–Trinajstić information content (AvgIpc) is 2.58. The lowest BCUT2D eigenvalue weighted by molar-refractivity contribution is 1.26. The van der Waals surface area contributed by atoms with Crippen molar-refractivity contribution in [2.24, 2.45) is 0 Å². The molecule has 0 N–H and O–H groups in total. The van der Waals surface area contributed by atoms with Crippen LogP contribution in [0.25, 0.3) is 6.08 Å². The van der Waals surface area contributed by atoms with Crippen molar-refractivity contribution >= 4 is 6.08 Å². The van der Waals surface area contributed by atoms with Gasteiger partial charge < -0.3 is 0 Å². The second kappa shape index (κ2) is 13.3. The first-order valence-electron chi connectivity index (χ1n) is 6.37. The molecular formula is C19H18N2. The lowest BCUT2D eigenvalue weighted by Crippen LogP contribution is -1.76. The second-order valence-electron chi connectivity index (χ2n) is 3.77. The summed E-state index contributed by atoms with van der Waals surface area (Å²) >= 11 is 0. The zero-order chi connectivity index (χ0) is 15.8. The van der Waals surface area contributed by atoms with E-state index in [1.54, 1.807) is 6.07 Å². The average molecular weight is 274 g/mol. The van der Waals surface area contributed by atoms with Gasteiger partial charge in [0.25, 0.3) is 0 Å². The first kappa shape index (κ1) is 17.9. The first-order chi connectivity index (χ1) is 10.3. The van der Waals surface area contributed by atoms with Crippen LogP contribution in [0.4, 0.5) is 0 Å². The molecule has 0 atom stereocenters. The van der Waals surface area contributed by atoms with Crippen LogP contribution in [0.2, 0.25) is 0 Å². The fourth-order valence-corrected chi connectivity index (χ4v) is 1.28. The van der Waals surface area contributed by atoms with E-state index in [-0.39, 0.29) is 0 Å². The maximum Gasteiger partial charge on any atom is 0.0905 e. The van der Waals surface area contributed by atoms with Gasteiger partial charge in [-0.15, -0.1) is 0 Å². The molecule has 104 valence electrons. The predicted octanol–water partition coefficient (Wildman–Crippen LogP) is 4.78. The Balaban J connectivity index is 0.000000308. The van der Waals surface area contributed by atoms with E-state index < -0.39 is 0 Å². The molecule has 0 aliphatic heterocycles. The van der Waals surface area contributed by atoms with Crippen LogP contribution in [-0.2, 0) is 6.42 Å². The monoisotopic (exact) mass is 274 g/mol. The highest BCUT2D eigenvalue weighted by atomic mass is 14.2. The molecule has 0 unspecified atom stereocenters. The summed E-state index contributed by atoms with van der Waals surface area (Å²) in [7, 11) is 0. The van der Waals surface area contributed by atoms with E-state index in [0.717, 1.165) is 5.56 Å². The van der Waals surface area contributed by atoms with Crippen molar-refractivity contribution < 1.29 is 0 Å². The third-order valence-corrected chi connectivity index (χ3v) is 2.25. The highest BCUT2D eigenvalue weighted by molar-refractivity contribution is 5.45. The number of rotatable bonds is 2. The van der Waals surface area contributed by atoms with Gasteiger partial charge in [0.1, 0.15) is 0 Å². The van der Waals surface area contributed by atoms with Gasteiger partial charge in [-0.25, -0.2) is 0 Å². The Hall–Kier alpha value is -3.10. The molecule has 2 aromatic carbocycles. The molecule has 0 aromatic heterocycles. The molecule has 2 rings (SSSR count). The summed E-state index contributed by atoms with van der Waals surface area (Å²) in [5.74, 6) is 0. The van der Waals surface area contributed by atoms with E-state index in [4.69, 9.17) is 10.5 Å². The number of nitrogens with zero attached hydrogens (tertiary/aromatic N) is 2. The lowest BCUT2D eigenvalue weighted by Gasteiger charge is -1.88. The minimum absolute atomic E-state index is 0.515. The summed E-state index contributed by atoms with van der Waals surface area (Å²) in [5.41, 5.74) is 2.26. The molecule has 0 amide bonds. The van der Waals surface area contributed by atoms with E-state index in [1.807, 2.05) is 66.7 Å². The van der Waals surface area contributed by atoms with Gasteiger partial charge in [-0.05, 0) is 11.1 Å². The molecule has 0 fully saturated rings. The zero-order valence-corrected chi connectivity index (χ0v) is 11.9. The van der Waals surface area contributed by atoms with Crippen molar-refractivity contribution in [1.82, 2.24) is 0 Å². The SMILES string of the molecule is C=CC#N.C=Cc1ccccc1.N#CCc1ccccc1. The van der Waals surface area contributed by atoms with Crippen LogP contribution in [0.15, 0.2) is 79.9 Å². The molecule has 0 saturated carbocycles. The smallest absolute Gasteiger partial charge is 0.0905 e. The van der Waals surface area contributed by atoms with Gasteiger partial charge in [-0.2, -0.15) is 10.5 Å². The predicted molar refractivity (Wildman–Crippen MR) is 88.1 cm³/mol. The molecule has 2 aromatic rings. The van der Waals surface area contributed by atoms with Crippen LogP contribution in [-0.4, -0.2) is 0 Å². The Bertz CT molecular complexity index is 587. The molecule has 0 aliphatic carbocycles. The van der Waals surface area contributed by atoms with Gasteiger partial charge in [0.15, 0.2) is 0 Å². The Labute approximate surface area is 126 Å². The maximum atomic E-state index is 8.27. The Morgan fingerprint density at radius 3 is 1.67 bits per heavy atom. The van der Waals surface area contributed by atoms with Crippen LogP contribution >= 0.6 is 0 Å². The number of nitriles is 2. The standard InChI is InChI=1S/C8H7N.C8H8.C3H3N/c9-7-6-8-4-2-1-3-5-8;1-2-8-6-4-3-5-7-8;1-2-3-4/h1-5H,6H2;2-7H,1H2;2H,1H2. The van der Waals surface area contributed by atoms with Gasteiger partial charge >= 0.3 is 0 Å². The van der Waals surface area contributed by atoms with Crippen LogP contribution in [0.1, 0.15) is 11.1 Å². The minimum Gasteiger partial charge on any atom is -0.198 e. The molecule has 2 heteroatoms. The molecule has 2 nitrogen and oxygen atoms in total. The lowest BCUT2D eigenvalue weighted by atomic mass is 10.2. The van der Waals surface area contributed by atoms with Gasteiger partial charge in [-0.1, -0.05) is 79.9 Å². The highest BCUT2D eigenvalue weighted by Crippen LogP contribution is 1.97. The molecule has 0 bridgehead atoms. The van der Waals surface area contributed by atoms with E-state index in [1.165, 1.54) is 11.6 Å². The summed E-state index contributed by atoms with van der Waals surface area (Å²) < 4.78 is 0. The molecule has 0 spiro atoms. The summed E-state index contributed by atoms with van der Waals surface area (Å²) in [4.78, 5) is 0. The molecule has 0 saturated heterocycles. The van der Waals surface area contributed by atoms with E-state index in [9.17, 15) is 0 Å². The van der Waals surface area contributed by atoms with Crippen molar-refractivity contribution in [3.05, 3.63) is 91.0 Å². The topological polar surface area (TPSA) is 47.6 Å². The number of hydrogen-bond donors (Lipinski definition) is 0. The fraction of sp³-hybridized carbons (Fsp3) is 0.0526. The molecule has 0 heterocycles. The van der Waals surface area contributed by atoms with Crippen molar-refractivity contribution in [2.45, 2.75) is 6.42 Å². The third kappa shape index (κ3) is 10.5. The molecule has 0 aliphatic rings. The molecule has 21 heavy (non-hydrogen) atoms. The Kier molecular flexibility index (Phi) is 11.4. The normalized spacial score (nSPS) is 7.52. The fourth-order valence-electron chi connectivity index (χ4n) is 1.28. The molecule has 0 radical (unpaired) electrons. The minimum atomic E-state index is 0.515. The van der Waals surface area contributed by atoms with E-state index in [0.29, 0.717) is 6.42 Å². The van der Waals surface area contributed by atoms with Crippen molar-refractivity contribution in [3.8, 4) is 12.1 Å². The van der Waals surface area contributed by atoms with Gasteiger partial charge in [0.05, 0.1) is 18.6 Å². The second-order valence-corrected chi connectivity index (χ2v) is 3.77.